The molecule has 0 bridgehead atoms. The molecule has 29 heavy (non-hydrogen) atoms. The van der Waals surface area contributed by atoms with Crippen molar-refractivity contribution in [1.82, 2.24) is 4.90 Å². The molecule has 1 fully saturated rings. The first-order valence-electron chi connectivity index (χ1n) is 9.42. The molecule has 1 aliphatic rings. The second-order valence-corrected chi connectivity index (χ2v) is 7.23. The van der Waals surface area contributed by atoms with Crippen LogP contribution in [0.3, 0.4) is 0 Å². The monoisotopic (exact) mass is 397 g/mol. The van der Waals surface area contributed by atoms with Crippen LogP contribution in [0, 0.1) is 16.0 Å². The van der Waals surface area contributed by atoms with Crippen molar-refractivity contribution in [2.75, 3.05) is 25.0 Å². The number of hydrogen-bond acceptors (Lipinski definition) is 5. The first-order valence-corrected chi connectivity index (χ1v) is 9.42. The van der Waals surface area contributed by atoms with Crippen LogP contribution in [0.4, 0.5) is 11.4 Å². The van der Waals surface area contributed by atoms with Crippen LogP contribution < -0.4 is 4.90 Å². The molecular formula is C21H23N3O5. The Bertz CT molecular complexity index is 905. The van der Waals surface area contributed by atoms with Gasteiger partial charge in [0, 0.05) is 50.1 Å². The normalized spacial score (nSPS) is 14.4. The van der Waals surface area contributed by atoms with E-state index >= 15 is 0 Å². The van der Waals surface area contributed by atoms with Crippen molar-refractivity contribution in [2.45, 2.75) is 19.4 Å². The van der Waals surface area contributed by atoms with E-state index in [9.17, 15) is 19.7 Å². The maximum absolute atomic E-state index is 12.6. The fraction of sp³-hybridized carbons (Fsp3) is 0.333. The smallest absolute Gasteiger partial charge is 0.306 e. The average molecular weight is 397 g/mol. The van der Waals surface area contributed by atoms with Crippen LogP contribution in [0.15, 0.2) is 48.5 Å². The summed E-state index contributed by atoms with van der Waals surface area (Å²) in [6.07, 6.45) is 1.25. The average Bonchev–Trinajstić information content (AvgIpc) is 2.73. The summed E-state index contributed by atoms with van der Waals surface area (Å²) in [4.78, 5) is 37.7. The minimum Gasteiger partial charge on any atom is -0.481 e. The number of nitro benzene ring substituents is 1. The largest absolute Gasteiger partial charge is 0.481 e. The Labute approximate surface area is 168 Å². The fourth-order valence-electron chi connectivity index (χ4n) is 3.53. The number of non-ortho nitro benzene ring substituents is 1. The van der Waals surface area contributed by atoms with Crippen LogP contribution in [-0.4, -0.2) is 46.9 Å². The first-order chi connectivity index (χ1) is 13.8. The highest BCUT2D eigenvalue weighted by molar-refractivity contribution is 5.94. The lowest BCUT2D eigenvalue weighted by molar-refractivity contribution is -0.384. The third-order valence-corrected chi connectivity index (χ3v) is 5.21. The van der Waals surface area contributed by atoms with Gasteiger partial charge in [0.2, 0.25) is 0 Å². The van der Waals surface area contributed by atoms with Gasteiger partial charge < -0.3 is 14.9 Å². The molecule has 8 nitrogen and oxygen atoms in total. The molecule has 1 saturated heterocycles. The predicted molar refractivity (Wildman–Crippen MR) is 108 cm³/mol. The molecule has 0 radical (unpaired) electrons. The molecule has 0 saturated carbocycles. The van der Waals surface area contributed by atoms with Gasteiger partial charge in [-0.3, -0.25) is 19.7 Å². The van der Waals surface area contributed by atoms with Crippen molar-refractivity contribution < 1.29 is 19.6 Å². The number of hydrogen-bond donors (Lipinski definition) is 1. The quantitative estimate of drug-likeness (QED) is 0.593. The van der Waals surface area contributed by atoms with E-state index in [1.807, 2.05) is 24.3 Å². The molecule has 2 aromatic carbocycles. The van der Waals surface area contributed by atoms with Gasteiger partial charge in [-0.15, -0.1) is 0 Å². The number of carbonyl (C=O) groups excluding carboxylic acids is 1. The Hall–Kier alpha value is -3.42. The summed E-state index contributed by atoms with van der Waals surface area (Å²) < 4.78 is 0. The standard InChI is InChI=1S/C21H23N3O5/c1-22(20(25)16-5-7-18(8-6-16)24(28)29)14-15-3-2-4-19(13-15)23-11-9-17(10-12-23)21(26)27/h2-8,13,17H,9-12,14H2,1H3,(H,26,27). The van der Waals surface area contributed by atoms with Gasteiger partial charge in [-0.25, -0.2) is 0 Å². The second kappa shape index (κ2) is 8.72. The van der Waals surface area contributed by atoms with Gasteiger partial charge >= 0.3 is 5.97 Å². The summed E-state index contributed by atoms with van der Waals surface area (Å²) in [7, 11) is 1.69. The van der Waals surface area contributed by atoms with Crippen molar-refractivity contribution in [1.29, 1.82) is 0 Å². The predicted octanol–water partition coefficient (Wildman–Crippen LogP) is 3.17. The topological polar surface area (TPSA) is 104 Å². The third kappa shape index (κ3) is 4.90. The van der Waals surface area contributed by atoms with Crippen molar-refractivity contribution in [3.8, 4) is 0 Å². The number of carbonyl (C=O) groups is 2. The molecule has 1 aliphatic heterocycles. The van der Waals surface area contributed by atoms with E-state index in [4.69, 9.17) is 5.11 Å². The molecule has 3 rings (SSSR count). The second-order valence-electron chi connectivity index (χ2n) is 7.23. The molecule has 0 unspecified atom stereocenters. The number of piperidine rings is 1. The Balaban J connectivity index is 1.64. The highest BCUT2D eigenvalue weighted by Crippen LogP contribution is 2.25. The van der Waals surface area contributed by atoms with Gasteiger partial charge in [0.05, 0.1) is 10.8 Å². The molecule has 0 aliphatic carbocycles. The van der Waals surface area contributed by atoms with Crippen LogP contribution in [0.5, 0.6) is 0 Å². The van der Waals surface area contributed by atoms with Crippen molar-refractivity contribution in [3.63, 3.8) is 0 Å². The minimum atomic E-state index is -0.732. The molecule has 1 N–H and O–H groups in total. The number of amides is 1. The summed E-state index contributed by atoms with van der Waals surface area (Å²) in [6, 6.07) is 13.4. The molecule has 2 aromatic rings. The summed E-state index contributed by atoms with van der Waals surface area (Å²) in [6.45, 7) is 1.78. The lowest BCUT2D eigenvalue weighted by Gasteiger charge is -2.32. The van der Waals surface area contributed by atoms with E-state index in [1.54, 1.807) is 11.9 Å². The van der Waals surface area contributed by atoms with E-state index in [0.29, 0.717) is 38.0 Å². The van der Waals surface area contributed by atoms with Crippen LogP contribution in [0.1, 0.15) is 28.8 Å². The molecular weight excluding hydrogens is 374 g/mol. The van der Waals surface area contributed by atoms with E-state index < -0.39 is 10.9 Å². The van der Waals surface area contributed by atoms with Crippen molar-refractivity contribution >= 4 is 23.3 Å². The summed E-state index contributed by atoms with van der Waals surface area (Å²) in [5, 5.41) is 19.9. The number of aliphatic carboxylic acids is 1. The van der Waals surface area contributed by atoms with E-state index in [2.05, 4.69) is 4.90 Å². The van der Waals surface area contributed by atoms with Crippen molar-refractivity contribution in [3.05, 3.63) is 69.8 Å². The third-order valence-electron chi connectivity index (χ3n) is 5.21. The summed E-state index contributed by atoms with van der Waals surface area (Å²) in [5.41, 5.74) is 2.32. The molecule has 0 spiro atoms. The maximum Gasteiger partial charge on any atom is 0.306 e. The van der Waals surface area contributed by atoms with Gasteiger partial charge in [-0.2, -0.15) is 0 Å². The Morgan fingerprint density at radius 3 is 2.41 bits per heavy atom. The Morgan fingerprint density at radius 1 is 1.17 bits per heavy atom. The number of rotatable bonds is 6. The molecule has 0 aromatic heterocycles. The first kappa shape index (κ1) is 20.3. The van der Waals surface area contributed by atoms with Crippen LogP contribution in [0.25, 0.3) is 0 Å². The summed E-state index contributed by atoms with van der Waals surface area (Å²) in [5.74, 6) is -1.22. The Kier molecular flexibility index (Phi) is 6.11. The SMILES string of the molecule is CN(Cc1cccc(N2CCC(C(=O)O)CC2)c1)C(=O)c1ccc([N+](=O)[O-])cc1. The zero-order valence-electron chi connectivity index (χ0n) is 16.2. The lowest BCUT2D eigenvalue weighted by Crippen LogP contribution is -2.36. The molecule has 8 heteroatoms. The van der Waals surface area contributed by atoms with E-state index in [-0.39, 0.29) is 17.5 Å². The lowest BCUT2D eigenvalue weighted by atomic mass is 9.96. The highest BCUT2D eigenvalue weighted by Gasteiger charge is 2.24. The number of benzene rings is 2. The van der Waals surface area contributed by atoms with Crippen LogP contribution >= 0.6 is 0 Å². The summed E-state index contributed by atoms with van der Waals surface area (Å²) >= 11 is 0. The van der Waals surface area contributed by atoms with Crippen LogP contribution in [0.2, 0.25) is 0 Å². The maximum atomic E-state index is 12.6. The van der Waals surface area contributed by atoms with Gasteiger partial charge in [0.1, 0.15) is 0 Å². The van der Waals surface area contributed by atoms with Crippen LogP contribution in [-0.2, 0) is 11.3 Å². The minimum absolute atomic E-state index is 0.0522. The number of nitro groups is 1. The fourth-order valence-corrected chi connectivity index (χ4v) is 3.53. The van der Waals surface area contributed by atoms with Crippen molar-refractivity contribution in [2.24, 2.45) is 5.92 Å². The molecule has 1 amide bonds. The molecule has 1 heterocycles. The van der Waals surface area contributed by atoms with Gasteiger partial charge in [-0.1, -0.05) is 12.1 Å². The van der Waals surface area contributed by atoms with E-state index in [0.717, 1.165) is 11.3 Å². The number of anilines is 1. The zero-order valence-corrected chi connectivity index (χ0v) is 16.2. The highest BCUT2D eigenvalue weighted by atomic mass is 16.6. The molecule has 152 valence electrons. The zero-order chi connectivity index (χ0) is 21.0. The van der Waals surface area contributed by atoms with Gasteiger partial charge in [0.15, 0.2) is 0 Å². The molecule has 0 atom stereocenters. The van der Waals surface area contributed by atoms with E-state index in [1.165, 1.54) is 24.3 Å². The Morgan fingerprint density at radius 2 is 1.83 bits per heavy atom. The number of carboxylic acids is 1. The number of nitrogens with zero attached hydrogens (tertiary/aromatic N) is 3. The number of carboxylic acid groups (broad SMARTS) is 1. The van der Waals surface area contributed by atoms with Gasteiger partial charge in [-0.05, 0) is 42.7 Å². The van der Waals surface area contributed by atoms with Gasteiger partial charge in [0.25, 0.3) is 11.6 Å².